The van der Waals surface area contributed by atoms with Gasteiger partial charge < -0.3 is 18.9 Å². The van der Waals surface area contributed by atoms with Crippen LogP contribution in [0.15, 0.2) is 53.4 Å². The minimum atomic E-state index is -0.420. The van der Waals surface area contributed by atoms with E-state index in [2.05, 4.69) is 28.7 Å². The number of hydrogen-bond donors (Lipinski definition) is 0. The molecule has 2 heterocycles. The molecule has 0 unspecified atom stereocenters. The number of imide groups is 1. The number of hydrogen-bond acceptors (Lipinski definition) is 8. The third-order valence-electron chi connectivity index (χ3n) is 5.80. The molecule has 3 aromatic carbocycles. The molecule has 0 saturated carbocycles. The van der Waals surface area contributed by atoms with Crippen molar-refractivity contribution in [2.24, 2.45) is 0 Å². The summed E-state index contributed by atoms with van der Waals surface area (Å²) in [6, 6.07) is 16.2. The molecule has 0 bridgehead atoms. The molecule has 11 heteroatoms. The van der Waals surface area contributed by atoms with Gasteiger partial charge in [0.1, 0.15) is 6.61 Å². The molecular weight excluding hydrogens is 643 g/mol. The Balaban J connectivity index is 1.35. The first-order chi connectivity index (χ1) is 18.4. The van der Waals surface area contributed by atoms with Crippen LogP contribution >= 0.6 is 46.0 Å². The van der Waals surface area contributed by atoms with Gasteiger partial charge in [0.15, 0.2) is 23.0 Å². The summed E-state index contributed by atoms with van der Waals surface area (Å²) in [4.78, 5) is 27.3. The topological polar surface area (TPSA) is 98.1 Å². The Hall–Kier alpha value is -3.40. The normalized spacial score (nSPS) is 15.2. The lowest BCUT2D eigenvalue weighted by Crippen LogP contribution is -2.27. The Labute approximate surface area is 241 Å². The van der Waals surface area contributed by atoms with E-state index in [1.807, 2.05) is 18.2 Å². The van der Waals surface area contributed by atoms with Crippen LogP contribution in [0.1, 0.15) is 22.3 Å². The van der Waals surface area contributed by atoms with Gasteiger partial charge in [0.05, 0.1) is 33.8 Å². The molecule has 0 atom stereocenters. The molecule has 3 aromatic rings. The minimum Gasteiger partial charge on any atom is -0.493 e. The van der Waals surface area contributed by atoms with E-state index < -0.39 is 11.1 Å². The number of nitrogens with zero attached hydrogens (tertiary/aromatic N) is 2. The van der Waals surface area contributed by atoms with Crippen LogP contribution in [0.4, 0.5) is 4.79 Å². The van der Waals surface area contributed by atoms with Gasteiger partial charge in [-0.05, 0) is 75.8 Å². The number of halogens is 2. The lowest BCUT2D eigenvalue weighted by Gasteiger charge is -2.15. The Bertz CT molecular complexity index is 1540. The summed E-state index contributed by atoms with van der Waals surface area (Å²) >= 11 is 9.33. The number of fused-ring (bicyclic) bond motifs is 1. The zero-order valence-corrected chi connectivity index (χ0v) is 23.6. The maximum absolute atomic E-state index is 13.1. The van der Waals surface area contributed by atoms with Crippen LogP contribution in [-0.4, -0.2) is 29.9 Å². The van der Waals surface area contributed by atoms with Crippen LogP contribution in [0.3, 0.4) is 0 Å². The maximum atomic E-state index is 13.1. The van der Waals surface area contributed by atoms with E-state index in [4.69, 9.17) is 30.5 Å². The predicted molar refractivity (Wildman–Crippen MR) is 150 cm³/mol. The first kappa shape index (κ1) is 26.2. The van der Waals surface area contributed by atoms with Gasteiger partial charge in [-0.25, -0.2) is 0 Å². The summed E-state index contributed by atoms with van der Waals surface area (Å²) in [5, 5.41) is 9.31. The molecule has 2 amide bonds. The number of carbonyl (C=O) groups is 2. The molecule has 0 N–H and O–H groups in total. The van der Waals surface area contributed by atoms with E-state index in [0.29, 0.717) is 44.7 Å². The van der Waals surface area contributed by atoms with Crippen molar-refractivity contribution in [3.63, 3.8) is 0 Å². The van der Waals surface area contributed by atoms with Crippen LogP contribution in [0.2, 0.25) is 5.02 Å². The Kier molecular flexibility index (Phi) is 7.69. The molecule has 0 aromatic heterocycles. The second-order valence-electron chi connectivity index (χ2n) is 8.16. The van der Waals surface area contributed by atoms with Crippen molar-refractivity contribution >= 4 is 63.2 Å². The van der Waals surface area contributed by atoms with Gasteiger partial charge in [-0.3, -0.25) is 14.5 Å². The second kappa shape index (κ2) is 11.1. The standard InChI is InChI=1S/C27H18ClIN2O6S/c1-34-23-7-15(6-20(29)25(23)35-13-17-5-3-2-4-16(17)11-30)8-24-26(32)31(27(33)38-24)12-18-9-21-22(10-19(18)28)37-14-36-21/h2-10H,12-14H2,1H3/b24-8-. The van der Waals surface area contributed by atoms with Gasteiger partial charge in [0.25, 0.3) is 11.1 Å². The summed E-state index contributed by atoms with van der Waals surface area (Å²) in [7, 11) is 1.52. The Morgan fingerprint density at radius 2 is 1.92 bits per heavy atom. The number of rotatable bonds is 7. The van der Waals surface area contributed by atoms with Crippen molar-refractivity contribution < 1.29 is 28.5 Å². The van der Waals surface area contributed by atoms with Crippen molar-refractivity contribution in [3.8, 4) is 29.1 Å². The average Bonchev–Trinajstić information content (AvgIpc) is 3.46. The molecule has 2 aliphatic heterocycles. The molecule has 0 aliphatic carbocycles. The van der Waals surface area contributed by atoms with E-state index in [0.717, 1.165) is 25.8 Å². The largest absolute Gasteiger partial charge is 0.493 e. The van der Waals surface area contributed by atoms with Gasteiger partial charge in [-0.2, -0.15) is 5.26 Å². The number of nitriles is 1. The van der Waals surface area contributed by atoms with Crippen LogP contribution < -0.4 is 18.9 Å². The van der Waals surface area contributed by atoms with Crippen molar-refractivity contribution in [1.29, 1.82) is 5.26 Å². The van der Waals surface area contributed by atoms with Crippen LogP contribution in [-0.2, 0) is 17.9 Å². The van der Waals surface area contributed by atoms with Crippen LogP contribution in [0.25, 0.3) is 6.08 Å². The average molecular weight is 661 g/mol. The second-order valence-corrected chi connectivity index (χ2v) is 10.7. The fourth-order valence-electron chi connectivity index (χ4n) is 3.91. The van der Waals surface area contributed by atoms with Crippen LogP contribution in [0.5, 0.6) is 23.0 Å². The maximum Gasteiger partial charge on any atom is 0.293 e. The summed E-state index contributed by atoms with van der Waals surface area (Å²) < 4.78 is 23.0. The zero-order valence-electron chi connectivity index (χ0n) is 19.8. The van der Waals surface area contributed by atoms with Crippen molar-refractivity contribution in [2.75, 3.05) is 13.9 Å². The molecule has 0 spiro atoms. The summed E-state index contributed by atoms with van der Waals surface area (Å²) in [5.41, 5.74) is 2.54. The van der Waals surface area contributed by atoms with E-state index in [9.17, 15) is 14.9 Å². The predicted octanol–water partition coefficient (Wildman–Crippen LogP) is 6.37. The number of ether oxygens (including phenoxy) is 4. The highest BCUT2D eigenvalue weighted by molar-refractivity contribution is 14.1. The molecule has 0 radical (unpaired) electrons. The Morgan fingerprint density at radius 1 is 1.16 bits per heavy atom. The number of amides is 2. The zero-order chi connectivity index (χ0) is 26.8. The lowest BCUT2D eigenvalue weighted by atomic mass is 10.1. The van der Waals surface area contributed by atoms with Crippen LogP contribution in [0, 0.1) is 14.9 Å². The third kappa shape index (κ3) is 5.27. The molecule has 1 fully saturated rings. The highest BCUT2D eigenvalue weighted by atomic mass is 127. The number of thioether (sulfide) groups is 1. The summed E-state index contributed by atoms with van der Waals surface area (Å²) in [6.07, 6.45) is 1.64. The molecule has 8 nitrogen and oxygen atoms in total. The third-order valence-corrected chi connectivity index (χ3v) is 7.86. The fourth-order valence-corrected chi connectivity index (χ4v) is 5.74. The van der Waals surface area contributed by atoms with E-state index in [1.54, 1.807) is 36.4 Å². The number of benzene rings is 3. The quantitative estimate of drug-likeness (QED) is 0.213. The highest BCUT2D eigenvalue weighted by Crippen LogP contribution is 2.40. The van der Waals surface area contributed by atoms with Gasteiger partial charge >= 0.3 is 0 Å². The van der Waals surface area contributed by atoms with Crippen molar-refractivity contribution in [1.82, 2.24) is 4.90 Å². The molecule has 38 heavy (non-hydrogen) atoms. The number of methoxy groups -OCH3 is 1. The summed E-state index contributed by atoms with van der Waals surface area (Å²) in [5.74, 6) is 1.61. The fraction of sp³-hybridized carbons (Fsp3) is 0.148. The number of carbonyl (C=O) groups excluding carboxylic acids is 2. The van der Waals surface area contributed by atoms with E-state index in [-0.39, 0.29) is 24.8 Å². The SMILES string of the molecule is COc1cc(/C=C2\SC(=O)N(Cc3cc4c(cc3Cl)OCO4)C2=O)cc(I)c1OCc1ccccc1C#N. The van der Waals surface area contributed by atoms with Crippen molar-refractivity contribution in [3.05, 3.63) is 84.3 Å². The Morgan fingerprint density at radius 3 is 2.68 bits per heavy atom. The van der Waals surface area contributed by atoms with E-state index >= 15 is 0 Å². The lowest BCUT2D eigenvalue weighted by molar-refractivity contribution is -0.123. The molecule has 192 valence electrons. The van der Waals surface area contributed by atoms with Gasteiger partial charge in [-0.1, -0.05) is 29.8 Å². The van der Waals surface area contributed by atoms with Gasteiger partial charge in [-0.15, -0.1) is 0 Å². The molecular formula is C27H18ClIN2O6S. The first-order valence-corrected chi connectivity index (χ1v) is 13.5. The monoisotopic (exact) mass is 660 g/mol. The highest BCUT2D eigenvalue weighted by Gasteiger charge is 2.36. The summed E-state index contributed by atoms with van der Waals surface area (Å²) in [6.45, 7) is 0.296. The smallest absolute Gasteiger partial charge is 0.293 e. The molecule has 5 rings (SSSR count). The molecule has 1 saturated heterocycles. The van der Waals surface area contributed by atoms with E-state index in [1.165, 1.54) is 7.11 Å². The van der Waals surface area contributed by atoms with Gasteiger partial charge in [0, 0.05) is 16.7 Å². The minimum absolute atomic E-state index is 0.00921. The van der Waals surface area contributed by atoms with Gasteiger partial charge in [0.2, 0.25) is 6.79 Å². The van der Waals surface area contributed by atoms with Crippen molar-refractivity contribution in [2.45, 2.75) is 13.2 Å². The molecule has 2 aliphatic rings. The first-order valence-electron chi connectivity index (χ1n) is 11.2.